The van der Waals surface area contributed by atoms with Gasteiger partial charge in [-0.2, -0.15) is 4.31 Å². The lowest BCUT2D eigenvalue weighted by molar-refractivity contribution is 0.384. The monoisotopic (exact) mass is 366 g/mol. The van der Waals surface area contributed by atoms with E-state index in [1.54, 1.807) is 17.5 Å². The number of nitrogens with zero attached hydrogens (tertiary/aromatic N) is 4. The summed E-state index contributed by atoms with van der Waals surface area (Å²) in [5.74, 6) is 1.65. The van der Waals surface area contributed by atoms with E-state index in [1.807, 2.05) is 18.2 Å². The lowest BCUT2D eigenvalue weighted by atomic mass is 10.3. The molecular formula is C16H26N6O2S. The smallest absolute Gasteiger partial charge is 0.215 e. The Balaban J connectivity index is 1.45. The van der Waals surface area contributed by atoms with Gasteiger partial charge in [-0.25, -0.2) is 13.4 Å². The van der Waals surface area contributed by atoms with Gasteiger partial charge in [0, 0.05) is 52.0 Å². The second-order valence-electron chi connectivity index (χ2n) is 6.31. The van der Waals surface area contributed by atoms with Crippen LogP contribution in [0.1, 0.15) is 12.8 Å². The SMILES string of the molecule is CN=C(NCCS(=O)(=O)N1CCN(c2ccccn2)CC1)NC1CC1. The van der Waals surface area contributed by atoms with Crippen molar-refractivity contribution in [2.75, 3.05) is 50.4 Å². The Labute approximate surface area is 149 Å². The molecule has 1 saturated heterocycles. The van der Waals surface area contributed by atoms with Crippen LogP contribution in [0.4, 0.5) is 5.82 Å². The van der Waals surface area contributed by atoms with Gasteiger partial charge in [-0.1, -0.05) is 6.07 Å². The predicted octanol–water partition coefficient (Wildman–Crippen LogP) is -0.139. The summed E-state index contributed by atoms with van der Waals surface area (Å²) in [6, 6.07) is 6.26. The van der Waals surface area contributed by atoms with Crippen molar-refractivity contribution in [3.8, 4) is 0 Å². The van der Waals surface area contributed by atoms with Gasteiger partial charge in [-0.15, -0.1) is 0 Å². The highest BCUT2D eigenvalue weighted by Gasteiger charge is 2.27. The maximum Gasteiger partial charge on any atom is 0.215 e. The molecule has 0 aromatic carbocycles. The average molecular weight is 366 g/mol. The molecule has 8 nitrogen and oxygen atoms in total. The third kappa shape index (κ3) is 5.05. The zero-order valence-corrected chi connectivity index (χ0v) is 15.4. The molecule has 0 bridgehead atoms. The van der Waals surface area contributed by atoms with Crippen LogP contribution in [0.15, 0.2) is 29.4 Å². The van der Waals surface area contributed by atoms with E-state index in [4.69, 9.17) is 0 Å². The van der Waals surface area contributed by atoms with Crippen molar-refractivity contribution in [2.45, 2.75) is 18.9 Å². The Morgan fingerprint density at radius 1 is 1.28 bits per heavy atom. The minimum atomic E-state index is -3.26. The highest BCUT2D eigenvalue weighted by Crippen LogP contribution is 2.18. The maximum atomic E-state index is 12.5. The van der Waals surface area contributed by atoms with Crippen molar-refractivity contribution in [3.63, 3.8) is 0 Å². The first kappa shape index (κ1) is 17.9. The maximum absolute atomic E-state index is 12.5. The predicted molar refractivity (Wildman–Crippen MR) is 99.3 cm³/mol. The molecule has 1 aromatic heterocycles. The van der Waals surface area contributed by atoms with Crippen LogP contribution >= 0.6 is 0 Å². The lowest BCUT2D eigenvalue weighted by Crippen LogP contribution is -2.50. The summed E-state index contributed by atoms with van der Waals surface area (Å²) in [5, 5.41) is 6.33. The summed E-state index contributed by atoms with van der Waals surface area (Å²) in [4.78, 5) is 10.6. The summed E-state index contributed by atoms with van der Waals surface area (Å²) in [7, 11) is -1.57. The van der Waals surface area contributed by atoms with Crippen LogP contribution in [0.2, 0.25) is 0 Å². The van der Waals surface area contributed by atoms with Crippen LogP contribution in [-0.2, 0) is 10.0 Å². The molecule has 0 spiro atoms. The first-order valence-corrected chi connectivity index (χ1v) is 10.3. The van der Waals surface area contributed by atoms with E-state index in [9.17, 15) is 8.42 Å². The molecule has 2 N–H and O–H groups in total. The summed E-state index contributed by atoms with van der Waals surface area (Å²) < 4.78 is 26.6. The second kappa shape index (κ2) is 8.01. The molecule has 1 aliphatic carbocycles. The molecule has 25 heavy (non-hydrogen) atoms. The number of hydrogen-bond donors (Lipinski definition) is 2. The number of piperazine rings is 1. The zero-order valence-electron chi connectivity index (χ0n) is 14.6. The largest absolute Gasteiger partial charge is 0.355 e. The van der Waals surface area contributed by atoms with Gasteiger partial charge in [0.25, 0.3) is 0 Å². The van der Waals surface area contributed by atoms with Crippen LogP contribution < -0.4 is 15.5 Å². The van der Waals surface area contributed by atoms with Crippen LogP contribution in [0.5, 0.6) is 0 Å². The molecule has 1 aliphatic heterocycles. The molecule has 138 valence electrons. The van der Waals surface area contributed by atoms with Crippen molar-refractivity contribution in [3.05, 3.63) is 24.4 Å². The van der Waals surface area contributed by atoms with Gasteiger partial charge in [0.05, 0.1) is 5.75 Å². The number of rotatable bonds is 6. The van der Waals surface area contributed by atoms with E-state index in [0.29, 0.717) is 44.7 Å². The summed E-state index contributed by atoms with van der Waals surface area (Å²) in [5.41, 5.74) is 0. The Hall–Kier alpha value is -1.87. The quantitative estimate of drug-likeness (QED) is 0.538. The van der Waals surface area contributed by atoms with Crippen molar-refractivity contribution in [1.82, 2.24) is 19.9 Å². The highest BCUT2D eigenvalue weighted by molar-refractivity contribution is 7.89. The average Bonchev–Trinajstić information content (AvgIpc) is 3.46. The zero-order chi connectivity index (χ0) is 17.7. The number of aliphatic imine (C=N–C) groups is 1. The molecule has 0 atom stereocenters. The summed E-state index contributed by atoms with van der Waals surface area (Å²) >= 11 is 0. The van der Waals surface area contributed by atoms with Crippen molar-refractivity contribution in [1.29, 1.82) is 0 Å². The topological polar surface area (TPSA) is 89.9 Å². The molecule has 0 amide bonds. The van der Waals surface area contributed by atoms with Gasteiger partial charge in [-0.3, -0.25) is 4.99 Å². The first-order chi connectivity index (χ1) is 12.1. The van der Waals surface area contributed by atoms with E-state index < -0.39 is 10.0 Å². The first-order valence-electron chi connectivity index (χ1n) is 8.69. The standard InChI is InChI=1S/C16H26N6O2S/c1-17-16(20-14-5-6-14)19-8-13-25(23,24)22-11-9-21(10-12-22)15-4-2-3-7-18-15/h2-4,7,14H,5-6,8-13H2,1H3,(H2,17,19,20). The normalized spacial score (nSPS) is 19.7. The third-order valence-electron chi connectivity index (χ3n) is 4.40. The molecule has 2 heterocycles. The molecular weight excluding hydrogens is 340 g/mol. The number of nitrogens with one attached hydrogen (secondary N) is 2. The molecule has 1 aromatic rings. The molecule has 2 fully saturated rings. The van der Waals surface area contributed by atoms with Crippen molar-refractivity contribution >= 4 is 21.8 Å². The number of guanidine groups is 1. The van der Waals surface area contributed by atoms with Crippen LogP contribution in [0.25, 0.3) is 0 Å². The fourth-order valence-electron chi connectivity index (χ4n) is 2.78. The number of hydrogen-bond acceptors (Lipinski definition) is 5. The number of anilines is 1. The van der Waals surface area contributed by atoms with E-state index in [2.05, 4.69) is 25.5 Å². The van der Waals surface area contributed by atoms with Crippen molar-refractivity contribution in [2.24, 2.45) is 4.99 Å². The Bertz CT molecular complexity index is 682. The minimum absolute atomic E-state index is 0.0714. The molecule has 0 radical (unpaired) electrons. The molecule has 3 rings (SSSR count). The minimum Gasteiger partial charge on any atom is -0.355 e. The Kier molecular flexibility index (Phi) is 5.74. The van der Waals surface area contributed by atoms with Crippen LogP contribution in [-0.4, -0.2) is 75.2 Å². The fourth-order valence-corrected chi connectivity index (χ4v) is 4.12. The van der Waals surface area contributed by atoms with Crippen molar-refractivity contribution < 1.29 is 8.42 Å². The van der Waals surface area contributed by atoms with E-state index >= 15 is 0 Å². The van der Waals surface area contributed by atoms with E-state index in [0.717, 1.165) is 18.7 Å². The number of aromatic nitrogens is 1. The van der Waals surface area contributed by atoms with Crippen LogP contribution in [0.3, 0.4) is 0 Å². The van der Waals surface area contributed by atoms with Gasteiger partial charge in [-0.05, 0) is 25.0 Å². The van der Waals surface area contributed by atoms with Gasteiger partial charge >= 0.3 is 0 Å². The summed E-state index contributed by atoms with van der Waals surface area (Å²) in [6.07, 6.45) is 4.06. The van der Waals surface area contributed by atoms with Crippen LogP contribution in [0, 0.1) is 0 Å². The lowest BCUT2D eigenvalue weighted by Gasteiger charge is -2.34. The van der Waals surface area contributed by atoms with E-state index in [-0.39, 0.29) is 5.75 Å². The van der Waals surface area contributed by atoms with Gasteiger partial charge in [0.2, 0.25) is 10.0 Å². The highest BCUT2D eigenvalue weighted by atomic mass is 32.2. The van der Waals surface area contributed by atoms with Gasteiger partial charge in [0.1, 0.15) is 5.82 Å². The van der Waals surface area contributed by atoms with Gasteiger partial charge < -0.3 is 15.5 Å². The summed E-state index contributed by atoms with van der Waals surface area (Å²) in [6.45, 7) is 2.67. The molecule has 2 aliphatic rings. The molecule has 9 heteroatoms. The molecule has 0 unspecified atom stereocenters. The number of sulfonamides is 1. The van der Waals surface area contributed by atoms with Gasteiger partial charge in [0.15, 0.2) is 5.96 Å². The Morgan fingerprint density at radius 3 is 2.64 bits per heavy atom. The van der Waals surface area contributed by atoms with E-state index in [1.165, 1.54) is 0 Å². The number of pyridine rings is 1. The second-order valence-corrected chi connectivity index (χ2v) is 8.40. The molecule has 1 saturated carbocycles. The Morgan fingerprint density at radius 2 is 2.04 bits per heavy atom. The fraction of sp³-hybridized carbons (Fsp3) is 0.625. The third-order valence-corrected chi connectivity index (χ3v) is 6.27.